The molecule has 0 N–H and O–H groups in total. The molecule has 6 heteroatoms. The van der Waals surface area contributed by atoms with E-state index < -0.39 is 5.97 Å². The van der Waals surface area contributed by atoms with Crippen LogP contribution in [0, 0.1) is 0 Å². The summed E-state index contributed by atoms with van der Waals surface area (Å²) >= 11 is 0. The summed E-state index contributed by atoms with van der Waals surface area (Å²) in [4.78, 5) is 23.5. The van der Waals surface area contributed by atoms with Gasteiger partial charge in [0.05, 0.1) is 25.0 Å². The second-order valence-corrected chi connectivity index (χ2v) is 4.02. The van der Waals surface area contributed by atoms with Crippen LogP contribution in [0.2, 0.25) is 0 Å². The molecule has 2 heterocycles. The zero-order valence-corrected chi connectivity index (χ0v) is 10.9. The molecule has 0 fully saturated rings. The maximum Gasteiger partial charge on any atom is 0.341 e. The lowest BCUT2D eigenvalue weighted by molar-refractivity contribution is 0.0524. The molecular formula is C13H15N3O3. The van der Waals surface area contributed by atoms with Crippen molar-refractivity contribution in [1.29, 1.82) is 0 Å². The molecular weight excluding hydrogens is 246 g/mol. The van der Waals surface area contributed by atoms with E-state index in [4.69, 9.17) is 4.74 Å². The van der Waals surface area contributed by atoms with E-state index in [0.29, 0.717) is 17.9 Å². The molecule has 2 aromatic heterocycles. The predicted molar refractivity (Wildman–Crippen MR) is 69.0 cm³/mol. The van der Waals surface area contributed by atoms with Crippen molar-refractivity contribution in [3.8, 4) is 0 Å². The molecule has 0 saturated heterocycles. The van der Waals surface area contributed by atoms with Crippen molar-refractivity contribution >= 4 is 5.97 Å². The van der Waals surface area contributed by atoms with E-state index in [2.05, 4.69) is 5.10 Å². The fourth-order valence-electron chi connectivity index (χ4n) is 1.78. The highest BCUT2D eigenvalue weighted by Crippen LogP contribution is 2.10. The zero-order chi connectivity index (χ0) is 13.8. The number of carbonyl (C=O) groups is 1. The van der Waals surface area contributed by atoms with Crippen molar-refractivity contribution in [1.82, 2.24) is 14.3 Å². The van der Waals surface area contributed by atoms with Crippen molar-refractivity contribution in [2.24, 2.45) is 7.05 Å². The SMILES string of the molecule is CCOC(=O)c1cnn(C)c1Cn1ccccc1=O. The molecule has 0 saturated carbocycles. The van der Waals surface area contributed by atoms with Gasteiger partial charge in [-0.05, 0) is 13.0 Å². The Kier molecular flexibility index (Phi) is 3.79. The molecule has 0 amide bonds. The van der Waals surface area contributed by atoms with Crippen LogP contribution in [-0.2, 0) is 18.3 Å². The minimum absolute atomic E-state index is 0.126. The Morgan fingerprint density at radius 1 is 1.42 bits per heavy atom. The van der Waals surface area contributed by atoms with E-state index in [9.17, 15) is 9.59 Å². The summed E-state index contributed by atoms with van der Waals surface area (Å²) in [7, 11) is 1.73. The summed E-state index contributed by atoms with van der Waals surface area (Å²) < 4.78 is 8.06. The first-order valence-electron chi connectivity index (χ1n) is 5.97. The van der Waals surface area contributed by atoms with Crippen molar-refractivity contribution in [3.05, 3.63) is 52.2 Å². The molecule has 0 aliphatic heterocycles. The number of hydrogen-bond donors (Lipinski definition) is 0. The molecule has 0 aliphatic carbocycles. The fourth-order valence-corrected chi connectivity index (χ4v) is 1.78. The number of esters is 1. The third kappa shape index (κ3) is 2.73. The minimum atomic E-state index is -0.422. The van der Waals surface area contributed by atoms with Crippen LogP contribution in [0.25, 0.3) is 0 Å². The third-order valence-electron chi connectivity index (χ3n) is 2.78. The molecule has 0 radical (unpaired) electrons. The quantitative estimate of drug-likeness (QED) is 0.764. The van der Waals surface area contributed by atoms with Gasteiger partial charge in [0.2, 0.25) is 0 Å². The summed E-state index contributed by atoms with van der Waals surface area (Å²) in [6.07, 6.45) is 3.13. The average molecular weight is 261 g/mol. The fraction of sp³-hybridized carbons (Fsp3) is 0.308. The van der Waals surface area contributed by atoms with Gasteiger partial charge in [-0.25, -0.2) is 4.79 Å². The van der Waals surface area contributed by atoms with Gasteiger partial charge in [-0.1, -0.05) is 6.07 Å². The topological polar surface area (TPSA) is 66.1 Å². The number of aromatic nitrogens is 3. The van der Waals surface area contributed by atoms with Crippen LogP contribution < -0.4 is 5.56 Å². The van der Waals surface area contributed by atoms with Crippen molar-refractivity contribution in [3.63, 3.8) is 0 Å². The standard InChI is InChI=1S/C13H15N3O3/c1-3-19-13(18)10-8-14-15(2)11(10)9-16-7-5-4-6-12(16)17/h4-8H,3,9H2,1-2H3. The Bertz CT molecular complexity index is 643. The van der Waals surface area contributed by atoms with Crippen LogP contribution in [0.5, 0.6) is 0 Å². The molecule has 0 aromatic carbocycles. The highest BCUT2D eigenvalue weighted by Gasteiger charge is 2.17. The third-order valence-corrected chi connectivity index (χ3v) is 2.78. The van der Waals surface area contributed by atoms with Crippen molar-refractivity contribution < 1.29 is 9.53 Å². The monoisotopic (exact) mass is 261 g/mol. The lowest BCUT2D eigenvalue weighted by atomic mass is 10.2. The number of pyridine rings is 1. The highest BCUT2D eigenvalue weighted by atomic mass is 16.5. The second-order valence-electron chi connectivity index (χ2n) is 4.02. The molecule has 100 valence electrons. The van der Waals surface area contributed by atoms with E-state index in [0.717, 1.165) is 0 Å². The van der Waals surface area contributed by atoms with Gasteiger partial charge >= 0.3 is 5.97 Å². The maximum absolute atomic E-state index is 11.8. The predicted octanol–water partition coefficient (Wildman–Crippen LogP) is 0.807. The molecule has 2 rings (SSSR count). The lowest BCUT2D eigenvalue weighted by Crippen LogP contribution is -2.21. The Morgan fingerprint density at radius 3 is 2.89 bits per heavy atom. The molecule has 2 aromatic rings. The number of rotatable bonds is 4. The number of hydrogen-bond acceptors (Lipinski definition) is 4. The van der Waals surface area contributed by atoms with Gasteiger partial charge in [-0.3, -0.25) is 9.48 Å². The molecule has 0 aliphatic rings. The summed E-state index contributed by atoms with van der Waals surface area (Å²) in [5, 5.41) is 4.05. The van der Waals surface area contributed by atoms with E-state index in [-0.39, 0.29) is 12.1 Å². The van der Waals surface area contributed by atoms with Crippen molar-refractivity contribution in [2.75, 3.05) is 6.61 Å². The highest BCUT2D eigenvalue weighted by molar-refractivity contribution is 5.90. The Hall–Kier alpha value is -2.37. The van der Waals surface area contributed by atoms with Crippen LogP contribution in [0.3, 0.4) is 0 Å². The summed E-state index contributed by atoms with van der Waals surface area (Å²) in [6.45, 7) is 2.33. The minimum Gasteiger partial charge on any atom is -0.462 e. The van der Waals surface area contributed by atoms with Gasteiger partial charge in [0.25, 0.3) is 5.56 Å². The van der Waals surface area contributed by atoms with Gasteiger partial charge in [-0.15, -0.1) is 0 Å². The van der Waals surface area contributed by atoms with Gasteiger partial charge in [0.1, 0.15) is 5.56 Å². The molecule has 0 unspecified atom stereocenters. The smallest absolute Gasteiger partial charge is 0.341 e. The summed E-state index contributed by atoms with van der Waals surface area (Å²) in [5.41, 5.74) is 0.908. The number of nitrogens with zero attached hydrogens (tertiary/aromatic N) is 3. The first-order valence-corrected chi connectivity index (χ1v) is 5.97. The molecule has 0 atom stereocenters. The molecule has 0 bridgehead atoms. The molecule has 0 spiro atoms. The van der Waals surface area contributed by atoms with Crippen LogP contribution in [0.1, 0.15) is 23.0 Å². The normalized spacial score (nSPS) is 10.4. The maximum atomic E-state index is 11.8. The van der Waals surface area contributed by atoms with Gasteiger partial charge in [0, 0.05) is 19.3 Å². The Labute approximate surface area is 110 Å². The van der Waals surface area contributed by atoms with Crippen LogP contribution in [0.15, 0.2) is 35.4 Å². The van der Waals surface area contributed by atoms with Gasteiger partial charge in [-0.2, -0.15) is 5.10 Å². The zero-order valence-electron chi connectivity index (χ0n) is 10.9. The van der Waals surface area contributed by atoms with Crippen molar-refractivity contribution in [2.45, 2.75) is 13.5 Å². The van der Waals surface area contributed by atoms with Crippen LogP contribution in [-0.4, -0.2) is 26.9 Å². The Balaban J connectivity index is 2.35. The molecule has 6 nitrogen and oxygen atoms in total. The number of carbonyl (C=O) groups excluding carboxylic acids is 1. The van der Waals surface area contributed by atoms with Gasteiger partial charge in [0.15, 0.2) is 0 Å². The largest absolute Gasteiger partial charge is 0.462 e. The summed E-state index contributed by atoms with van der Waals surface area (Å²) in [6, 6.07) is 4.91. The van der Waals surface area contributed by atoms with E-state index in [1.165, 1.54) is 16.8 Å². The first kappa shape index (κ1) is 13.1. The Morgan fingerprint density at radius 2 is 2.21 bits per heavy atom. The first-order chi connectivity index (χ1) is 9.13. The van der Waals surface area contributed by atoms with Gasteiger partial charge < -0.3 is 9.30 Å². The van der Waals surface area contributed by atoms with E-state index in [1.54, 1.807) is 37.0 Å². The van der Waals surface area contributed by atoms with Crippen LogP contribution >= 0.6 is 0 Å². The van der Waals surface area contributed by atoms with Crippen LogP contribution in [0.4, 0.5) is 0 Å². The number of ether oxygens (including phenoxy) is 1. The second kappa shape index (κ2) is 5.51. The van der Waals surface area contributed by atoms with E-state index in [1.807, 2.05) is 0 Å². The number of aryl methyl sites for hydroxylation is 1. The van der Waals surface area contributed by atoms with E-state index >= 15 is 0 Å². The lowest BCUT2D eigenvalue weighted by Gasteiger charge is -2.08. The average Bonchev–Trinajstić information content (AvgIpc) is 2.74. The summed E-state index contributed by atoms with van der Waals surface area (Å²) in [5.74, 6) is -0.422. The molecule has 19 heavy (non-hydrogen) atoms.